The van der Waals surface area contributed by atoms with Gasteiger partial charge in [0.05, 0.1) is 17.3 Å². The molecule has 25 heavy (non-hydrogen) atoms. The largest absolute Gasteiger partial charge is 0.455 e. The first-order chi connectivity index (χ1) is 11.8. The van der Waals surface area contributed by atoms with Crippen molar-refractivity contribution in [1.82, 2.24) is 4.98 Å². The standard InChI is InChI=1S/C16H13ClF3N3O2/c1-2-6-24-23-15(21)12-8-14(17)22-9-13(12)25-11-5-3-4-10(7-11)16(18,19)20/h2-5,7-9H,1,6H2,(H2,21,23). The fraction of sp³-hybridized carbons (Fsp3) is 0.125. The number of oxime groups is 1. The topological polar surface area (TPSA) is 69.7 Å². The van der Waals surface area contributed by atoms with Gasteiger partial charge >= 0.3 is 6.18 Å². The number of alkyl halides is 3. The number of ether oxygens (including phenoxy) is 1. The van der Waals surface area contributed by atoms with E-state index >= 15 is 0 Å². The number of benzene rings is 1. The molecule has 132 valence electrons. The molecule has 1 aromatic carbocycles. The van der Waals surface area contributed by atoms with E-state index in [1.54, 1.807) is 0 Å². The number of amidine groups is 1. The van der Waals surface area contributed by atoms with Crippen molar-refractivity contribution < 1.29 is 22.7 Å². The summed E-state index contributed by atoms with van der Waals surface area (Å²) in [6, 6.07) is 5.76. The number of hydrogen-bond acceptors (Lipinski definition) is 4. The fourth-order valence-electron chi connectivity index (χ4n) is 1.77. The Balaban J connectivity index is 2.34. The number of pyridine rings is 1. The van der Waals surface area contributed by atoms with Crippen molar-refractivity contribution in [2.45, 2.75) is 6.18 Å². The van der Waals surface area contributed by atoms with Crippen LogP contribution in [0, 0.1) is 0 Å². The summed E-state index contributed by atoms with van der Waals surface area (Å²) in [6.07, 6.45) is -1.79. The molecule has 1 heterocycles. The van der Waals surface area contributed by atoms with E-state index in [1.807, 2.05) is 0 Å². The van der Waals surface area contributed by atoms with Crippen molar-refractivity contribution in [3.63, 3.8) is 0 Å². The lowest BCUT2D eigenvalue weighted by Gasteiger charge is -2.12. The molecule has 2 aromatic rings. The summed E-state index contributed by atoms with van der Waals surface area (Å²) in [6.45, 7) is 3.59. The summed E-state index contributed by atoms with van der Waals surface area (Å²) >= 11 is 5.83. The molecule has 5 nitrogen and oxygen atoms in total. The Morgan fingerprint density at radius 1 is 1.36 bits per heavy atom. The Morgan fingerprint density at radius 3 is 2.80 bits per heavy atom. The predicted molar refractivity (Wildman–Crippen MR) is 87.6 cm³/mol. The van der Waals surface area contributed by atoms with Crippen LogP contribution in [0.3, 0.4) is 0 Å². The van der Waals surface area contributed by atoms with Gasteiger partial charge in [0.1, 0.15) is 17.5 Å². The first-order valence-electron chi connectivity index (χ1n) is 6.88. The molecule has 0 unspecified atom stereocenters. The first kappa shape index (κ1) is 18.6. The lowest BCUT2D eigenvalue weighted by molar-refractivity contribution is -0.137. The molecule has 1 aromatic heterocycles. The van der Waals surface area contributed by atoms with Crippen molar-refractivity contribution in [2.75, 3.05) is 6.61 Å². The third-order valence-corrected chi connectivity index (χ3v) is 3.06. The molecule has 0 aliphatic carbocycles. The van der Waals surface area contributed by atoms with Gasteiger partial charge in [-0.1, -0.05) is 35.5 Å². The minimum atomic E-state index is -4.49. The molecule has 0 radical (unpaired) electrons. The maximum Gasteiger partial charge on any atom is 0.416 e. The van der Waals surface area contributed by atoms with Crippen molar-refractivity contribution in [1.29, 1.82) is 0 Å². The second-order valence-electron chi connectivity index (χ2n) is 4.69. The van der Waals surface area contributed by atoms with Crippen molar-refractivity contribution >= 4 is 17.4 Å². The maximum absolute atomic E-state index is 12.8. The van der Waals surface area contributed by atoms with Crippen LogP contribution in [0.2, 0.25) is 5.15 Å². The highest BCUT2D eigenvalue weighted by molar-refractivity contribution is 6.29. The number of halogens is 4. The molecule has 0 saturated carbocycles. The fourth-order valence-corrected chi connectivity index (χ4v) is 1.93. The molecule has 0 aliphatic heterocycles. The van der Waals surface area contributed by atoms with Crippen LogP contribution in [0.25, 0.3) is 0 Å². The summed E-state index contributed by atoms with van der Waals surface area (Å²) in [5, 5.41) is 3.77. The van der Waals surface area contributed by atoms with Crippen LogP contribution in [0.15, 0.2) is 54.3 Å². The van der Waals surface area contributed by atoms with E-state index in [0.717, 1.165) is 12.1 Å². The minimum absolute atomic E-state index is 0.0417. The van der Waals surface area contributed by atoms with Crippen LogP contribution < -0.4 is 10.5 Å². The van der Waals surface area contributed by atoms with Crippen LogP contribution in [0.1, 0.15) is 11.1 Å². The predicted octanol–water partition coefficient (Wildman–Crippen LogP) is 4.37. The van der Waals surface area contributed by atoms with Crippen molar-refractivity contribution in [3.8, 4) is 11.5 Å². The highest BCUT2D eigenvalue weighted by atomic mass is 35.5. The van der Waals surface area contributed by atoms with Crippen LogP contribution in [0.4, 0.5) is 13.2 Å². The van der Waals surface area contributed by atoms with Gasteiger partial charge in [0.25, 0.3) is 0 Å². The molecular formula is C16H13ClF3N3O2. The molecule has 0 bridgehead atoms. The summed E-state index contributed by atoms with van der Waals surface area (Å²) in [7, 11) is 0. The van der Waals surface area contributed by atoms with Gasteiger partial charge in [-0.25, -0.2) is 4.98 Å². The smallest absolute Gasteiger partial charge is 0.416 e. The molecule has 0 atom stereocenters. The Labute approximate surface area is 146 Å². The van der Waals surface area contributed by atoms with Gasteiger partial charge in [-0.05, 0) is 24.3 Å². The van der Waals surface area contributed by atoms with Crippen molar-refractivity contribution in [2.24, 2.45) is 10.9 Å². The zero-order valence-electron chi connectivity index (χ0n) is 12.8. The second-order valence-corrected chi connectivity index (χ2v) is 5.08. The van der Waals surface area contributed by atoms with Gasteiger partial charge in [0, 0.05) is 0 Å². The molecule has 0 aliphatic rings. The molecule has 0 fully saturated rings. The van der Waals surface area contributed by atoms with E-state index < -0.39 is 11.7 Å². The van der Waals surface area contributed by atoms with E-state index in [4.69, 9.17) is 26.9 Å². The van der Waals surface area contributed by atoms with Gasteiger partial charge in [-0.3, -0.25) is 0 Å². The molecular weight excluding hydrogens is 359 g/mol. The third kappa shape index (κ3) is 5.12. The van der Waals surface area contributed by atoms with Crippen LogP contribution in [0.5, 0.6) is 11.5 Å². The molecule has 2 rings (SSSR count). The summed E-state index contributed by atoms with van der Waals surface area (Å²) in [5.74, 6) is -0.0414. The first-order valence-corrected chi connectivity index (χ1v) is 7.26. The SMILES string of the molecule is C=CCON=C(N)c1cc(Cl)ncc1Oc1cccc(C(F)(F)F)c1. The van der Waals surface area contributed by atoms with Gasteiger partial charge < -0.3 is 15.3 Å². The van der Waals surface area contributed by atoms with Gasteiger partial charge in [-0.15, -0.1) is 0 Å². The zero-order chi connectivity index (χ0) is 18.4. The Hall–Kier alpha value is -2.74. The Kier molecular flexibility index (Phi) is 5.87. The average molecular weight is 372 g/mol. The van der Waals surface area contributed by atoms with Gasteiger partial charge in [-0.2, -0.15) is 13.2 Å². The molecule has 0 saturated heterocycles. The maximum atomic E-state index is 12.8. The summed E-state index contributed by atoms with van der Waals surface area (Å²) in [5.41, 5.74) is 5.18. The number of aromatic nitrogens is 1. The molecule has 0 spiro atoms. The minimum Gasteiger partial charge on any atom is -0.455 e. The van der Waals surface area contributed by atoms with Gasteiger partial charge in [0.15, 0.2) is 11.6 Å². The van der Waals surface area contributed by atoms with Crippen LogP contribution in [-0.2, 0) is 11.0 Å². The average Bonchev–Trinajstić information content (AvgIpc) is 2.56. The lowest BCUT2D eigenvalue weighted by atomic mass is 10.2. The second kappa shape index (κ2) is 7.89. The molecule has 2 N–H and O–H groups in total. The third-order valence-electron chi connectivity index (χ3n) is 2.85. The Morgan fingerprint density at radius 2 is 2.12 bits per heavy atom. The molecule has 0 amide bonds. The van der Waals surface area contributed by atoms with Crippen LogP contribution in [-0.4, -0.2) is 17.4 Å². The van der Waals surface area contributed by atoms with E-state index in [9.17, 15) is 13.2 Å². The molecule has 9 heteroatoms. The number of nitrogens with two attached hydrogens (primary N) is 1. The lowest BCUT2D eigenvalue weighted by Crippen LogP contribution is -2.15. The van der Waals surface area contributed by atoms with E-state index in [0.29, 0.717) is 0 Å². The van der Waals surface area contributed by atoms with E-state index in [-0.39, 0.29) is 34.7 Å². The highest BCUT2D eigenvalue weighted by Gasteiger charge is 2.30. The number of rotatable bonds is 6. The van der Waals surface area contributed by atoms with E-state index in [2.05, 4.69) is 16.7 Å². The number of nitrogens with zero attached hydrogens (tertiary/aromatic N) is 2. The number of hydrogen-bond donors (Lipinski definition) is 1. The zero-order valence-corrected chi connectivity index (χ0v) is 13.5. The summed E-state index contributed by atoms with van der Waals surface area (Å²) < 4.78 is 43.8. The monoisotopic (exact) mass is 371 g/mol. The highest BCUT2D eigenvalue weighted by Crippen LogP contribution is 2.33. The summed E-state index contributed by atoms with van der Waals surface area (Å²) in [4.78, 5) is 8.72. The quantitative estimate of drug-likeness (QED) is 0.204. The Bertz CT molecular complexity index is 794. The van der Waals surface area contributed by atoms with E-state index in [1.165, 1.54) is 30.5 Å². The van der Waals surface area contributed by atoms with Gasteiger partial charge in [0.2, 0.25) is 0 Å². The van der Waals surface area contributed by atoms with Crippen molar-refractivity contribution in [3.05, 3.63) is 65.5 Å². The van der Waals surface area contributed by atoms with Crippen LogP contribution >= 0.6 is 11.6 Å². The normalized spacial score (nSPS) is 11.9.